The van der Waals surface area contributed by atoms with Crippen molar-refractivity contribution in [1.82, 2.24) is 0 Å². The van der Waals surface area contributed by atoms with Gasteiger partial charge in [0.15, 0.2) is 0 Å². The molecule has 2 aliphatic heterocycles. The molecule has 6 atom stereocenters. The molecule has 3 fully saturated rings. The van der Waals surface area contributed by atoms with E-state index in [4.69, 9.17) is 11.6 Å². The Morgan fingerprint density at radius 1 is 0.805 bits per heavy atom. The quantitative estimate of drug-likeness (QED) is 0.334. The molecule has 206 valence electrons. The number of nitrogens with zero attached hydrogens (tertiary/aromatic N) is 2. The van der Waals surface area contributed by atoms with E-state index in [2.05, 4.69) is 0 Å². The second-order valence-corrected chi connectivity index (χ2v) is 12.0. The fourth-order valence-corrected chi connectivity index (χ4v) is 7.95. The number of hydrogen-bond donors (Lipinski definition) is 1. The predicted octanol–water partition coefficient (Wildman–Crippen LogP) is 5.48. The third kappa shape index (κ3) is 3.51. The van der Waals surface area contributed by atoms with Crippen molar-refractivity contribution in [3.05, 3.63) is 101 Å². The molecule has 0 bridgehead atoms. The van der Waals surface area contributed by atoms with Crippen LogP contribution in [-0.2, 0) is 19.2 Å². The molecule has 3 aromatic carbocycles. The van der Waals surface area contributed by atoms with Gasteiger partial charge in [-0.2, -0.15) is 0 Å². The van der Waals surface area contributed by atoms with Gasteiger partial charge in [-0.3, -0.25) is 24.1 Å². The Morgan fingerprint density at radius 3 is 2.10 bits per heavy atom. The molecule has 2 aliphatic carbocycles. The lowest BCUT2D eigenvalue weighted by Crippen LogP contribution is -2.48. The zero-order valence-corrected chi connectivity index (χ0v) is 23.0. The number of halogens is 1. The van der Waals surface area contributed by atoms with E-state index in [1.54, 1.807) is 67.6 Å². The summed E-state index contributed by atoms with van der Waals surface area (Å²) in [6.45, 7) is 1.78. The van der Waals surface area contributed by atoms with Crippen LogP contribution in [0.3, 0.4) is 0 Å². The molecule has 7 nitrogen and oxygen atoms in total. The van der Waals surface area contributed by atoms with Gasteiger partial charge in [-0.05, 0) is 68.1 Å². The Bertz CT molecular complexity index is 1650. The van der Waals surface area contributed by atoms with Crippen molar-refractivity contribution in [1.29, 1.82) is 0 Å². The number of fused-ring (bicyclic) bond motifs is 4. The molecule has 0 aromatic heterocycles. The van der Waals surface area contributed by atoms with E-state index in [-0.39, 0.29) is 35.8 Å². The number of para-hydroxylation sites is 2. The smallest absolute Gasteiger partial charge is 0.241 e. The van der Waals surface area contributed by atoms with Crippen molar-refractivity contribution in [2.24, 2.45) is 29.1 Å². The van der Waals surface area contributed by atoms with Gasteiger partial charge in [0, 0.05) is 16.5 Å². The second kappa shape index (κ2) is 9.14. The summed E-state index contributed by atoms with van der Waals surface area (Å²) in [5.41, 5.74) is 0.992. The number of imide groups is 2. The molecule has 8 heteroatoms. The summed E-state index contributed by atoms with van der Waals surface area (Å²) < 4.78 is 0. The Balaban J connectivity index is 1.39. The lowest BCUT2D eigenvalue weighted by atomic mass is 9.51. The molecule has 2 saturated heterocycles. The number of carbonyl (C=O) groups excluding carboxylic acids is 4. The summed E-state index contributed by atoms with van der Waals surface area (Å²) in [7, 11) is 0. The number of amides is 4. The van der Waals surface area contributed by atoms with Crippen LogP contribution in [0.15, 0.2) is 90.5 Å². The van der Waals surface area contributed by atoms with E-state index >= 15 is 0 Å². The van der Waals surface area contributed by atoms with Gasteiger partial charge in [-0.25, -0.2) is 4.90 Å². The van der Waals surface area contributed by atoms with Crippen LogP contribution in [0, 0.1) is 29.1 Å². The first-order valence-electron chi connectivity index (χ1n) is 13.8. The monoisotopic (exact) mass is 566 g/mol. The molecule has 41 heavy (non-hydrogen) atoms. The van der Waals surface area contributed by atoms with Gasteiger partial charge in [0.25, 0.3) is 0 Å². The summed E-state index contributed by atoms with van der Waals surface area (Å²) in [5.74, 6) is -4.48. The summed E-state index contributed by atoms with van der Waals surface area (Å²) in [5, 5.41) is 11.5. The van der Waals surface area contributed by atoms with Crippen LogP contribution < -0.4 is 9.80 Å². The standard InChI is InChI=1S/C33H27ClN2O5/c1-33-25(30(39)36(32(33)41)20-10-6-3-7-11-20)17-23-21(28(33)24-16-18(34)12-15-26(24)37)13-14-22-27(23)31(40)35(29(22)38)19-8-4-2-5-9-19/h2-13,15-16,22-23,25,27-28,37H,14,17H2,1H3/t22-,23+,25-,27-,28+,33+/m0/s1. The SMILES string of the molecule is C[C@@]12C(=O)N(c3ccccc3)C(=O)[C@@H]1C[C@@H]1C(=CC[C@@H]3C(=O)N(c4ccccc4)C(=O)[C@@H]31)[C@@H]2c1cc(Cl)ccc1O. The van der Waals surface area contributed by atoms with Crippen LogP contribution in [0.5, 0.6) is 5.75 Å². The molecule has 4 aliphatic rings. The van der Waals surface area contributed by atoms with Crippen molar-refractivity contribution in [3.63, 3.8) is 0 Å². The maximum absolute atomic E-state index is 14.3. The van der Waals surface area contributed by atoms with E-state index < -0.39 is 35.0 Å². The lowest BCUT2D eigenvalue weighted by Gasteiger charge is -2.49. The maximum atomic E-state index is 14.3. The molecule has 0 unspecified atom stereocenters. The van der Waals surface area contributed by atoms with Crippen LogP contribution in [0.1, 0.15) is 31.2 Å². The van der Waals surface area contributed by atoms with Crippen LogP contribution in [0.25, 0.3) is 0 Å². The van der Waals surface area contributed by atoms with Crippen molar-refractivity contribution >= 4 is 46.6 Å². The van der Waals surface area contributed by atoms with Crippen LogP contribution in [-0.4, -0.2) is 28.7 Å². The minimum atomic E-state index is -1.24. The van der Waals surface area contributed by atoms with Gasteiger partial charge in [0.1, 0.15) is 5.75 Å². The third-order valence-electron chi connectivity index (χ3n) is 9.60. The van der Waals surface area contributed by atoms with Gasteiger partial charge < -0.3 is 5.11 Å². The number of hydrogen-bond acceptors (Lipinski definition) is 5. The molecular weight excluding hydrogens is 540 g/mol. The zero-order chi connectivity index (χ0) is 28.6. The molecule has 1 saturated carbocycles. The number of benzene rings is 3. The van der Waals surface area contributed by atoms with Gasteiger partial charge in [0.2, 0.25) is 23.6 Å². The van der Waals surface area contributed by atoms with Crippen LogP contribution in [0.4, 0.5) is 11.4 Å². The molecule has 0 radical (unpaired) electrons. The molecule has 0 spiro atoms. The van der Waals surface area contributed by atoms with Crippen molar-refractivity contribution in [2.75, 3.05) is 9.80 Å². The Morgan fingerprint density at radius 2 is 1.44 bits per heavy atom. The minimum absolute atomic E-state index is 0.0406. The fourth-order valence-electron chi connectivity index (χ4n) is 7.77. The maximum Gasteiger partial charge on any atom is 0.241 e. The summed E-state index contributed by atoms with van der Waals surface area (Å²) >= 11 is 6.41. The first-order valence-corrected chi connectivity index (χ1v) is 14.2. The summed E-state index contributed by atoms with van der Waals surface area (Å²) in [6, 6.07) is 22.4. The van der Waals surface area contributed by atoms with Gasteiger partial charge in [-0.1, -0.05) is 59.6 Å². The summed E-state index contributed by atoms with van der Waals surface area (Å²) in [4.78, 5) is 58.6. The fraction of sp³-hybridized carbons (Fsp3) is 0.273. The Kier molecular flexibility index (Phi) is 5.74. The first-order chi connectivity index (χ1) is 19.7. The minimum Gasteiger partial charge on any atom is -0.508 e. The average molecular weight is 567 g/mol. The predicted molar refractivity (Wildman–Crippen MR) is 153 cm³/mol. The Labute approximate surface area is 242 Å². The highest BCUT2D eigenvalue weighted by atomic mass is 35.5. The molecule has 4 amide bonds. The highest BCUT2D eigenvalue weighted by molar-refractivity contribution is 6.30. The number of allylic oxidation sites excluding steroid dienone is 2. The van der Waals surface area contributed by atoms with Crippen LogP contribution >= 0.6 is 11.6 Å². The van der Waals surface area contributed by atoms with E-state index in [9.17, 15) is 24.3 Å². The van der Waals surface area contributed by atoms with Crippen molar-refractivity contribution in [2.45, 2.75) is 25.7 Å². The molecule has 3 aromatic rings. The molecule has 2 heterocycles. The van der Waals surface area contributed by atoms with Crippen molar-refractivity contribution in [3.8, 4) is 5.75 Å². The van der Waals surface area contributed by atoms with Crippen molar-refractivity contribution < 1.29 is 24.3 Å². The van der Waals surface area contributed by atoms with E-state index in [0.717, 1.165) is 5.57 Å². The normalized spacial score (nSPS) is 30.7. The average Bonchev–Trinajstić information content (AvgIpc) is 3.35. The van der Waals surface area contributed by atoms with Gasteiger partial charge in [0.05, 0.1) is 34.5 Å². The number of carbonyl (C=O) groups is 4. The second-order valence-electron chi connectivity index (χ2n) is 11.5. The van der Waals surface area contributed by atoms with E-state index in [1.807, 2.05) is 18.2 Å². The van der Waals surface area contributed by atoms with E-state index in [0.29, 0.717) is 28.4 Å². The molecule has 1 N–H and O–H groups in total. The highest BCUT2D eigenvalue weighted by Crippen LogP contribution is 2.64. The van der Waals surface area contributed by atoms with Gasteiger partial charge >= 0.3 is 0 Å². The third-order valence-corrected chi connectivity index (χ3v) is 9.84. The number of rotatable bonds is 3. The number of anilines is 2. The first kappa shape index (κ1) is 25.7. The van der Waals surface area contributed by atoms with Gasteiger partial charge in [-0.15, -0.1) is 0 Å². The molecule has 7 rings (SSSR count). The van der Waals surface area contributed by atoms with Crippen LogP contribution in [0.2, 0.25) is 5.02 Å². The number of phenols is 1. The van der Waals surface area contributed by atoms with E-state index in [1.165, 1.54) is 15.9 Å². The molecular formula is C33H27ClN2O5. The topological polar surface area (TPSA) is 95.0 Å². The number of phenolic OH excluding ortho intramolecular Hbond substituents is 1. The lowest BCUT2D eigenvalue weighted by molar-refractivity contribution is -0.131. The largest absolute Gasteiger partial charge is 0.508 e. The number of aromatic hydroxyl groups is 1. The highest BCUT2D eigenvalue weighted by Gasteiger charge is 2.68. The zero-order valence-electron chi connectivity index (χ0n) is 22.2. The Hall–Kier alpha value is -4.23. The summed E-state index contributed by atoms with van der Waals surface area (Å²) in [6.07, 6.45) is 2.53.